The van der Waals surface area contributed by atoms with E-state index in [4.69, 9.17) is 9.47 Å². The molecule has 3 aromatic rings. The average molecular weight is 322 g/mol. The Bertz CT molecular complexity index is 843. The maximum atomic E-state index is 5.35. The van der Waals surface area contributed by atoms with Gasteiger partial charge < -0.3 is 20.1 Å². The zero-order valence-corrected chi connectivity index (χ0v) is 12.6. The lowest BCUT2D eigenvalue weighted by Gasteiger charge is -2.08. The van der Waals surface area contributed by atoms with Crippen molar-refractivity contribution in [3.8, 4) is 11.5 Å². The lowest BCUT2D eigenvalue weighted by molar-refractivity contribution is 0.174. The van der Waals surface area contributed by atoms with E-state index in [-0.39, 0.29) is 6.79 Å². The second-order valence-electron chi connectivity index (χ2n) is 5.07. The summed E-state index contributed by atoms with van der Waals surface area (Å²) in [7, 11) is 0. The third-order valence-electron chi connectivity index (χ3n) is 3.38. The summed E-state index contributed by atoms with van der Waals surface area (Å²) in [4.78, 5) is 8.46. The van der Waals surface area contributed by atoms with Crippen LogP contribution >= 0.6 is 0 Å². The summed E-state index contributed by atoms with van der Waals surface area (Å²) in [6.07, 6.45) is 5.11. The zero-order valence-electron chi connectivity index (χ0n) is 12.6. The Labute approximate surface area is 137 Å². The third-order valence-corrected chi connectivity index (χ3v) is 3.38. The largest absolute Gasteiger partial charge is 0.454 e. The zero-order chi connectivity index (χ0) is 16.2. The van der Waals surface area contributed by atoms with Gasteiger partial charge in [0.1, 0.15) is 0 Å². The Hall–Kier alpha value is -3.42. The molecule has 0 aliphatic carbocycles. The minimum atomic E-state index is 0.241. The Morgan fingerprint density at radius 2 is 2.04 bits per heavy atom. The van der Waals surface area contributed by atoms with Gasteiger partial charge >= 0.3 is 0 Å². The number of hydrogen-bond acceptors (Lipinski definition) is 8. The molecule has 0 unspecified atom stereocenters. The number of benzene rings is 1. The fourth-order valence-corrected chi connectivity index (χ4v) is 2.24. The first-order valence-corrected chi connectivity index (χ1v) is 7.36. The summed E-state index contributed by atoms with van der Waals surface area (Å²) in [6, 6.07) is 9.42. The van der Waals surface area contributed by atoms with Gasteiger partial charge in [-0.25, -0.2) is 0 Å². The second kappa shape index (κ2) is 6.37. The number of hydrogen-bond donors (Lipinski definition) is 2. The molecule has 24 heavy (non-hydrogen) atoms. The van der Waals surface area contributed by atoms with Gasteiger partial charge in [0, 0.05) is 30.7 Å². The van der Waals surface area contributed by atoms with Crippen LogP contribution in [0.3, 0.4) is 0 Å². The van der Waals surface area contributed by atoms with Crippen LogP contribution in [-0.2, 0) is 6.54 Å². The number of aromatic nitrogens is 4. The van der Waals surface area contributed by atoms with E-state index in [0.717, 1.165) is 17.0 Å². The maximum Gasteiger partial charge on any atom is 0.249 e. The van der Waals surface area contributed by atoms with Crippen LogP contribution in [0.4, 0.5) is 17.5 Å². The van der Waals surface area contributed by atoms with Crippen molar-refractivity contribution < 1.29 is 9.47 Å². The van der Waals surface area contributed by atoms with Gasteiger partial charge in [0.25, 0.3) is 0 Å². The van der Waals surface area contributed by atoms with E-state index in [1.54, 1.807) is 18.6 Å². The lowest BCUT2D eigenvalue weighted by atomic mass is 10.3. The molecule has 1 aliphatic heterocycles. The van der Waals surface area contributed by atoms with Gasteiger partial charge in [0.15, 0.2) is 17.3 Å². The van der Waals surface area contributed by atoms with Gasteiger partial charge in [-0.15, -0.1) is 5.10 Å². The fourth-order valence-electron chi connectivity index (χ4n) is 2.24. The number of fused-ring (bicyclic) bond motifs is 1. The molecular formula is C16H14N6O2. The minimum Gasteiger partial charge on any atom is -0.454 e. The Morgan fingerprint density at radius 1 is 1.08 bits per heavy atom. The predicted molar refractivity (Wildman–Crippen MR) is 87.2 cm³/mol. The summed E-state index contributed by atoms with van der Waals surface area (Å²) in [5.74, 6) is 2.44. The molecule has 0 saturated carbocycles. The van der Waals surface area contributed by atoms with Crippen molar-refractivity contribution in [1.29, 1.82) is 0 Å². The van der Waals surface area contributed by atoms with Crippen molar-refractivity contribution in [3.05, 3.63) is 54.5 Å². The molecule has 0 spiro atoms. The Balaban J connectivity index is 1.44. The average Bonchev–Trinajstić information content (AvgIpc) is 3.09. The molecule has 1 aliphatic rings. The molecule has 1 aromatic carbocycles. The molecule has 0 fully saturated rings. The topological polar surface area (TPSA) is 94.1 Å². The van der Waals surface area contributed by atoms with Crippen LogP contribution < -0.4 is 20.1 Å². The van der Waals surface area contributed by atoms with E-state index < -0.39 is 0 Å². The number of anilines is 3. The van der Waals surface area contributed by atoms with E-state index in [1.165, 1.54) is 0 Å². The number of nitrogens with one attached hydrogen (secondary N) is 2. The standard InChI is InChI=1S/C16H14N6O2/c1-2-11(7-17-5-1)8-18-15-9-19-22-16(21-15)20-12-3-4-13-14(6-12)24-10-23-13/h1-7,9H,8,10H2,(H2,18,20,21,22). The molecule has 8 heteroatoms. The highest BCUT2D eigenvalue weighted by atomic mass is 16.7. The van der Waals surface area contributed by atoms with Gasteiger partial charge in [0.05, 0.1) is 6.20 Å². The van der Waals surface area contributed by atoms with Gasteiger partial charge in [-0.05, 0) is 23.8 Å². The van der Waals surface area contributed by atoms with Crippen LogP contribution in [0.15, 0.2) is 48.9 Å². The van der Waals surface area contributed by atoms with E-state index in [2.05, 4.69) is 30.8 Å². The van der Waals surface area contributed by atoms with Crippen molar-refractivity contribution in [2.75, 3.05) is 17.4 Å². The Kier molecular flexibility index (Phi) is 3.77. The first-order valence-electron chi connectivity index (χ1n) is 7.36. The van der Waals surface area contributed by atoms with Gasteiger partial charge in [0.2, 0.25) is 12.7 Å². The molecule has 120 valence electrons. The van der Waals surface area contributed by atoms with E-state index in [9.17, 15) is 0 Å². The lowest BCUT2D eigenvalue weighted by Crippen LogP contribution is -2.05. The van der Waals surface area contributed by atoms with Crippen molar-refractivity contribution in [2.24, 2.45) is 0 Å². The van der Waals surface area contributed by atoms with Crippen molar-refractivity contribution >= 4 is 17.5 Å². The van der Waals surface area contributed by atoms with Gasteiger partial charge in [-0.3, -0.25) is 4.98 Å². The number of ether oxygens (including phenoxy) is 2. The molecule has 0 radical (unpaired) electrons. The van der Waals surface area contributed by atoms with Crippen LogP contribution in [0.5, 0.6) is 11.5 Å². The first-order chi connectivity index (χ1) is 11.9. The molecule has 0 bridgehead atoms. The number of nitrogens with zero attached hydrogens (tertiary/aromatic N) is 4. The van der Waals surface area contributed by atoms with Gasteiger partial charge in [-0.1, -0.05) is 6.07 Å². The summed E-state index contributed by atoms with van der Waals surface area (Å²) < 4.78 is 10.6. The molecule has 4 rings (SSSR count). The molecular weight excluding hydrogens is 308 g/mol. The third kappa shape index (κ3) is 3.17. The highest BCUT2D eigenvalue weighted by molar-refractivity contribution is 5.60. The summed E-state index contributed by atoms with van der Waals surface area (Å²) in [5.41, 5.74) is 1.85. The molecule has 2 aromatic heterocycles. The second-order valence-corrected chi connectivity index (χ2v) is 5.07. The van der Waals surface area contributed by atoms with E-state index >= 15 is 0 Å². The van der Waals surface area contributed by atoms with Gasteiger partial charge in [-0.2, -0.15) is 10.1 Å². The highest BCUT2D eigenvalue weighted by Gasteiger charge is 2.13. The monoisotopic (exact) mass is 322 g/mol. The van der Waals surface area contributed by atoms with Crippen molar-refractivity contribution in [2.45, 2.75) is 6.54 Å². The summed E-state index contributed by atoms with van der Waals surface area (Å²) in [6.45, 7) is 0.848. The molecule has 0 saturated heterocycles. The first kappa shape index (κ1) is 14.2. The maximum absolute atomic E-state index is 5.35. The molecule has 0 amide bonds. The van der Waals surface area contributed by atoms with Crippen LogP contribution in [0.1, 0.15) is 5.56 Å². The highest BCUT2D eigenvalue weighted by Crippen LogP contribution is 2.34. The number of rotatable bonds is 5. The van der Waals surface area contributed by atoms with Crippen LogP contribution in [0.25, 0.3) is 0 Å². The van der Waals surface area contributed by atoms with Crippen LogP contribution in [0, 0.1) is 0 Å². The normalized spacial score (nSPS) is 12.0. The van der Waals surface area contributed by atoms with Crippen molar-refractivity contribution in [3.63, 3.8) is 0 Å². The van der Waals surface area contributed by atoms with Crippen molar-refractivity contribution in [1.82, 2.24) is 20.2 Å². The molecule has 0 atom stereocenters. The quantitative estimate of drug-likeness (QED) is 0.739. The SMILES string of the molecule is c1cncc(CNc2cnnc(Nc3ccc4c(c3)OCO4)n2)c1. The summed E-state index contributed by atoms with van der Waals surface area (Å²) in [5, 5.41) is 14.2. The number of pyridine rings is 1. The van der Waals surface area contributed by atoms with E-state index in [1.807, 2.05) is 30.3 Å². The molecule has 8 nitrogen and oxygen atoms in total. The molecule has 3 heterocycles. The van der Waals surface area contributed by atoms with Crippen LogP contribution in [0.2, 0.25) is 0 Å². The fraction of sp³-hybridized carbons (Fsp3) is 0.125. The van der Waals surface area contributed by atoms with Crippen LogP contribution in [-0.4, -0.2) is 27.0 Å². The minimum absolute atomic E-state index is 0.241. The van der Waals surface area contributed by atoms with E-state index in [0.29, 0.717) is 24.1 Å². The summed E-state index contributed by atoms with van der Waals surface area (Å²) >= 11 is 0. The Morgan fingerprint density at radius 3 is 2.96 bits per heavy atom. The molecule has 2 N–H and O–H groups in total. The smallest absolute Gasteiger partial charge is 0.249 e. The predicted octanol–water partition coefficient (Wildman–Crippen LogP) is 2.35.